The first-order valence-electron chi connectivity index (χ1n) is 13.5. The second kappa shape index (κ2) is 13.0. The topological polar surface area (TPSA) is 137 Å². The van der Waals surface area contributed by atoms with E-state index in [0.717, 1.165) is 45.3 Å². The van der Waals surface area contributed by atoms with Crippen LogP contribution in [0.25, 0.3) is 5.69 Å². The Morgan fingerprint density at radius 1 is 1.05 bits per heavy atom. The molecule has 1 aromatic carbocycles. The quantitative estimate of drug-likeness (QED) is 0.488. The average Bonchev–Trinajstić information content (AvgIpc) is 3.15. The van der Waals surface area contributed by atoms with Gasteiger partial charge in [0.1, 0.15) is 5.82 Å². The number of aliphatic hydroxyl groups is 1. The Balaban J connectivity index is 1.29. The number of anilines is 1. The van der Waals surface area contributed by atoms with E-state index < -0.39 is 11.6 Å². The zero-order valence-electron chi connectivity index (χ0n) is 22.1. The number of hydrogen-bond acceptors (Lipinski definition) is 7. The highest BCUT2D eigenvalue weighted by atomic mass is 16.3. The molecule has 11 nitrogen and oxygen atoms in total. The Morgan fingerprint density at radius 3 is 2.45 bits per heavy atom. The van der Waals surface area contributed by atoms with Crippen LogP contribution in [0.1, 0.15) is 31.7 Å². The highest BCUT2D eigenvalue weighted by Crippen LogP contribution is 2.14. The normalized spacial score (nSPS) is 19.6. The first-order valence-corrected chi connectivity index (χ1v) is 13.5. The highest BCUT2D eigenvalue weighted by Gasteiger charge is 2.26. The minimum atomic E-state index is -0.482. The first kappa shape index (κ1) is 27.7. The molecule has 4 rings (SSSR count). The van der Waals surface area contributed by atoms with Crippen LogP contribution in [0.2, 0.25) is 0 Å². The standard InChI is InChI=1S/C27H39N7O4/c1-20(19-35)25(36)32-15-17-33(18-16-32)26(37)29-24-10-14-34(27(38)30-24)23-6-4-21(5-7-23)8-12-31-11-2-3-22(28)9-13-31/h4-7,10,14,20,22,35H,2-3,8-9,11-13,15-19,28H2,1H3,(H,29,30,37,38). The molecule has 2 aromatic rings. The van der Waals surface area contributed by atoms with E-state index in [1.54, 1.807) is 29.0 Å². The average molecular weight is 526 g/mol. The van der Waals surface area contributed by atoms with Crippen molar-refractivity contribution in [2.75, 3.05) is 57.7 Å². The molecule has 2 unspecified atom stereocenters. The van der Waals surface area contributed by atoms with Crippen LogP contribution in [0.5, 0.6) is 0 Å². The van der Waals surface area contributed by atoms with E-state index in [2.05, 4.69) is 15.2 Å². The van der Waals surface area contributed by atoms with Crippen LogP contribution in [0.3, 0.4) is 0 Å². The van der Waals surface area contributed by atoms with E-state index in [4.69, 9.17) is 5.73 Å². The summed E-state index contributed by atoms with van der Waals surface area (Å²) in [6, 6.07) is 9.44. The van der Waals surface area contributed by atoms with E-state index in [0.29, 0.717) is 37.9 Å². The Bertz CT molecular complexity index is 1140. The number of aliphatic hydroxyl groups excluding tert-OH is 1. The zero-order valence-corrected chi connectivity index (χ0v) is 22.1. The minimum Gasteiger partial charge on any atom is -0.396 e. The van der Waals surface area contributed by atoms with Gasteiger partial charge in [-0.05, 0) is 62.5 Å². The summed E-state index contributed by atoms with van der Waals surface area (Å²) >= 11 is 0. The van der Waals surface area contributed by atoms with Crippen LogP contribution in [0, 0.1) is 5.92 Å². The van der Waals surface area contributed by atoms with Crippen molar-refractivity contribution in [3.63, 3.8) is 0 Å². The Kier molecular flexibility index (Phi) is 9.48. The molecule has 11 heteroatoms. The monoisotopic (exact) mass is 525 g/mol. The van der Waals surface area contributed by atoms with Crippen LogP contribution in [0.15, 0.2) is 41.3 Å². The number of piperazine rings is 1. The van der Waals surface area contributed by atoms with Gasteiger partial charge >= 0.3 is 11.7 Å². The molecule has 1 aromatic heterocycles. The number of likely N-dealkylation sites (tertiary alicyclic amines) is 1. The van der Waals surface area contributed by atoms with Crippen LogP contribution in [-0.4, -0.2) is 99.8 Å². The number of aromatic nitrogens is 2. The fourth-order valence-corrected chi connectivity index (χ4v) is 4.89. The van der Waals surface area contributed by atoms with Gasteiger partial charge in [0, 0.05) is 45.0 Å². The molecule has 4 N–H and O–H groups in total. The molecule has 3 amide bonds. The van der Waals surface area contributed by atoms with E-state index >= 15 is 0 Å². The van der Waals surface area contributed by atoms with Gasteiger partial charge in [-0.2, -0.15) is 4.98 Å². The van der Waals surface area contributed by atoms with Crippen molar-refractivity contribution in [1.82, 2.24) is 24.3 Å². The molecule has 2 aliphatic rings. The molecule has 2 atom stereocenters. The number of amides is 3. The van der Waals surface area contributed by atoms with E-state index in [9.17, 15) is 19.5 Å². The van der Waals surface area contributed by atoms with Crippen molar-refractivity contribution in [3.05, 3.63) is 52.6 Å². The maximum atomic E-state index is 12.7. The predicted molar refractivity (Wildman–Crippen MR) is 145 cm³/mol. The zero-order chi connectivity index (χ0) is 27.1. The molecule has 206 valence electrons. The van der Waals surface area contributed by atoms with Crippen molar-refractivity contribution in [2.45, 2.75) is 38.6 Å². The molecule has 2 saturated heterocycles. The Morgan fingerprint density at radius 2 is 1.76 bits per heavy atom. The smallest absolute Gasteiger partial charge is 0.354 e. The molecule has 2 fully saturated rings. The largest absolute Gasteiger partial charge is 0.396 e. The lowest BCUT2D eigenvalue weighted by Gasteiger charge is -2.35. The molecule has 3 heterocycles. The number of carbonyl (C=O) groups is 2. The fourth-order valence-electron chi connectivity index (χ4n) is 4.89. The van der Waals surface area contributed by atoms with Gasteiger partial charge in [0.15, 0.2) is 0 Å². The van der Waals surface area contributed by atoms with Gasteiger partial charge in [0.05, 0.1) is 18.2 Å². The summed E-state index contributed by atoms with van der Waals surface area (Å²) in [5.41, 5.74) is 7.52. The van der Waals surface area contributed by atoms with Crippen LogP contribution in [-0.2, 0) is 11.2 Å². The predicted octanol–water partition coefficient (Wildman–Crippen LogP) is 0.893. The molecule has 0 saturated carbocycles. The molecule has 0 spiro atoms. The number of nitrogens with one attached hydrogen (secondary N) is 1. The van der Waals surface area contributed by atoms with Crippen molar-refractivity contribution < 1.29 is 14.7 Å². The molecule has 0 radical (unpaired) electrons. The third-order valence-corrected chi connectivity index (χ3v) is 7.41. The number of nitrogens with two attached hydrogens (primary N) is 1. The van der Waals surface area contributed by atoms with Gasteiger partial charge < -0.3 is 25.5 Å². The van der Waals surface area contributed by atoms with Gasteiger partial charge in [-0.15, -0.1) is 0 Å². The van der Waals surface area contributed by atoms with Crippen LogP contribution >= 0.6 is 0 Å². The number of rotatable bonds is 7. The lowest BCUT2D eigenvalue weighted by molar-refractivity contribution is -0.137. The third kappa shape index (κ3) is 7.18. The van der Waals surface area contributed by atoms with Gasteiger partial charge in [-0.1, -0.05) is 19.1 Å². The van der Waals surface area contributed by atoms with Crippen molar-refractivity contribution in [2.24, 2.45) is 11.7 Å². The number of nitrogens with zero attached hydrogens (tertiary/aromatic N) is 5. The van der Waals surface area contributed by atoms with Gasteiger partial charge in [0.25, 0.3) is 0 Å². The molecular formula is C27H39N7O4. The number of urea groups is 1. The summed E-state index contributed by atoms with van der Waals surface area (Å²) in [5, 5.41) is 11.9. The first-order chi connectivity index (χ1) is 18.3. The van der Waals surface area contributed by atoms with Gasteiger partial charge in [-0.3, -0.25) is 14.7 Å². The van der Waals surface area contributed by atoms with Crippen LogP contribution in [0.4, 0.5) is 10.6 Å². The maximum Gasteiger partial charge on any atom is 0.354 e. The van der Waals surface area contributed by atoms with E-state index in [-0.39, 0.29) is 24.4 Å². The van der Waals surface area contributed by atoms with Gasteiger partial charge in [0.2, 0.25) is 5.91 Å². The van der Waals surface area contributed by atoms with Crippen molar-refractivity contribution in [3.8, 4) is 5.69 Å². The number of carbonyl (C=O) groups excluding carboxylic acids is 2. The summed E-state index contributed by atoms with van der Waals surface area (Å²) in [6.45, 7) is 6.14. The van der Waals surface area contributed by atoms with Gasteiger partial charge in [-0.25, -0.2) is 9.59 Å². The SMILES string of the molecule is CC(CO)C(=O)N1CCN(C(=O)Nc2ccn(-c3ccc(CCN4CCCC(N)CC4)cc3)c(=O)n2)CC1. The molecule has 0 bridgehead atoms. The number of benzene rings is 1. The fraction of sp³-hybridized carbons (Fsp3) is 0.556. The van der Waals surface area contributed by atoms with E-state index in [1.165, 1.54) is 10.1 Å². The molecule has 0 aliphatic carbocycles. The molecular weight excluding hydrogens is 486 g/mol. The molecule has 2 aliphatic heterocycles. The Labute approximate surface area is 223 Å². The van der Waals surface area contributed by atoms with E-state index in [1.807, 2.05) is 24.3 Å². The highest BCUT2D eigenvalue weighted by molar-refractivity contribution is 5.88. The lowest BCUT2D eigenvalue weighted by Crippen LogP contribution is -2.53. The van der Waals surface area contributed by atoms with Crippen molar-refractivity contribution >= 4 is 17.8 Å². The summed E-state index contributed by atoms with van der Waals surface area (Å²) in [6.07, 6.45) is 5.84. The minimum absolute atomic E-state index is 0.117. The third-order valence-electron chi connectivity index (χ3n) is 7.41. The number of hydrogen-bond donors (Lipinski definition) is 3. The Hall–Kier alpha value is -3.28. The molecule has 38 heavy (non-hydrogen) atoms. The summed E-state index contributed by atoms with van der Waals surface area (Å²) < 4.78 is 1.45. The van der Waals surface area contributed by atoms with Crippen molar-refractivity contribution in [1.29, 1.82) is 0 Å². The summed E-state index contributed by atoms with van der Waals surface area (Å²) in [5.74, 6) is -0.391. The summed E-state index contributed by atoms with van der Waals surface area (Å²) in [4.78, 5) is 47.3. The lowest BCUT2D eigenvalue weighted by atomic mass is 10.1. The second-order valence-corrected chi connectivity index (χ2v) is 10.2. The second-order valence-electron chi connectivity index (χ2n) is 10.2. The summed E-state index contributed by atoms with van der Waals surface area (Å²) in [7, 11) is 0. The van der Waals surface area contributed by atoms with Crippen LogP contribution < -0.4 is 16.7 Å². The maximum absolute atomic E-state index is 12.7.